The molecule has 0 saturated heterocycles. The van der Waals surface area contributed by atoms with Gasteiger partial charge in [0.1, 0.15) is 11.6 Å². The lowest BCUT2D eigenvalue weighted by Crippen LogP contribution is -2.29. The third-order valence-corrected chi connectivity index (χ3v) is 5.30. The first-order chi connectivity index (χ1) is 12.8. The van der Waals surface area contributed by atoms with Crippen LogP contribution in [0, 0.1) is 0 Å². The largest absolute Gasteiger partial charge is 0.463 e. The molecule has 0 aliphatic carbocycles. The Labute approximate surface area is 169 Å². The second-order valence-electron chi connectivity index (χ2n) is 5.79. The van der Waals surface area contributed by atoms with Gasteiger partial charge < -0.3 is 15.8 Å². The van der Waals surface area contributed by atoms with Gasteiger partial charge >= 0.3 is 11.7 Å². The standard InChI is InChI=1S/C17H15Cl3N4O3/c1-3-27-16(25)9-6(2)22-15-12(14(21)23-17(26)24-15)11(9)10-7(18)4-5-8(19)13(10)20/h4-5,11H,3H2,1-2H3,(H4,21,22,23,24,26). The number of fused-ring (bicyclic) bond motifs is 1. The van der Waals surface area contributed by atoms with E-state index in [1.807, 2.05) is 0 Å². The maximum atomic E-state index is 12.7. The first kappa shape index (κ1) is 19.5. The molecule has 0 spiro atoms. The van der Waals surface area contributed by atoms with Gasteiger partial charge in [-0.15, -0.1) is 0 Å². The van der Waals surface area contributed by atoms with Crippen molar-refractivity contribution in [1.29, 1.82) is 0 Å². The van der Waals surface area contributed by atoms with E-state index in [-0.39, 0.29) is 38.9 Å². The van der Waals surface area contributed by atoms with Gasteiger partial charge in [0, 0.05) is 21.8 Å². The van der Waals surface area contributed by atoms with Gasteiger partial charge in [0.15, 0.2) is 0 Å². The summed E-state index contributed by atoms with van der Waals surface area (Å²) in [5, 5.41) is 3.64. The van der Waals surface area contributed by atoms with Crippen molar-refractivity contribution >= 4 is 52.4 Å². The van der Waals surface area contributed by atoms with Crippen LogP contribution in [-0.4, -0.2) is 22.5 Å². The summed E-state index contributed by atoms with van der Waals surface area (Å²) < 4.78 is 5.20. The van der Waals surface area contributed by atoms with Gasteiger partial charge in [0.2, 0.25) is 0 Å². The number of hydrogen-bond acceptors (Lipinski definition) is 6. The van der Waals surface area contributed by atoms with Crippen LogP contribution >= 0.6 is 34.8 Å². The van der Waals surface area contributed by atoms with Crippen LogP contribution in [0.3, 0.4) is 0 Å². The molecular weight excluding hydrogens is 415 g/mol. The zero-order valence-electron chi connectivity index (χ0n) is 14.3. The molecule has 27 heavy (non-hydrogen) atoms. The topological polar surface area (TPSA) is 110 Å². The van der Waals surface area contributed by atoms with E-state index < -0.39 is 17.6 Å². The second kappa shape index (κ2) is 7.42. The van der Waals surface area contributed by atoms with Crippen molar-refractivity contribution in [2.24, 2.45) is 0 Å². The molecule has 4 N–H and O–H groups in total. The minimum atomic E-state index is -0.830. The number of halogens is 3. The van der Waals surface area contributed by atoms with E-state index in [1.165, 1.54) is 0 Å². The van der Waals surface area contributed by atoms with Gasteiger partial charge in [-0.2, -0.15) is 4.98 Å². The number of hydrogen-bond donors (Lipinski definition) is 3. The molecule has 2 heterocycles. The number of nitrogens with two attached hydrogens (primary N) is 1. The monoisotopic (exact) mass is 428 g/mol. The number of esters is 1. The maximum Gasteiger partial charge on any atom is 0.348 e. The predicted octanol–water partition coefficient (Wildman–Crippen LogP) is 3.71. The lowest BCUT2D eigenvalue weighted by molar-refractivity contribution is -0.138. The number of benzene rings is 1. The van der Waals surface area contributed by atoms with Crippen LogP contribution in [0.15, 0.2) is 28.2 Å². The predicted molar refractivity (Wildman–Crippen MR) is 106 cm³/mol. The normalized spacial score (nSPS) is 16.0. The molecule has 0 bridgehead atoms. The van der Waals surface area contributed by atoms with E-state index in [4.69, 9.17) is 45.3 Å². The van der Waals surface area contributed by atoms with Gasteiger partial charge in [0.05, 0.1) is 28.1 Å². The molecule has 1 unspecified atom stereocenters. The molecule has 0 amide bonds. The van der Waals surface area contributed by atoms with E-state index in [1.54, 1.807) is 26.0 Å². The van der Waals surface area contributed by atoms with Gasteiger partial charge in [-0.25, -0.2) is 9.59 Å². The zero-order valence-corrected chi connectivity index (χ0v) is 16.6. The van der Waals surface area contributed by atoms with Crippen LogP contribution in [0.2, 0.25) is 15.1 Å². The Morgan fingerprint density at radius 2 is 1.93 bits per heavy atom. The fraction of sp³-hybridized carbons (Fsp3) is 0.235. The highest BCUT2D eigenvalue weighted by Crippen LogP contribution is 2.48. The first-order valence-corrected chi connectivity index (χ1v) is 9.07. The highest BCUT2D eigenvalue weighted by atomic mass is 35.5. The number of nitrogens with one attached hydrogen (secondary N) is 2. The average molecular weight is 430 g/mol. The highest BCUT2D eigenvalue weighted by Gasteiger charge is 2.38. The minimum Gasteiger partial charge on any atom is -0.463 e. The fourth-order valence-corrected chi connectivity index (χ4v) is 3.82. The van der Waals surface area contributed by atoms with Gasteiger partial charge in [-0.3, -0.25) is 4.98 Å². The number of anilines is 2. The molecule has 1 aromatic heterocycles. The Morgan fingerprint density at radius 1 is 1.26 bits per heavy atom. The Balaban J connectivity index is 2.38. The number of nitrogens with zero attached hydrogens (tertiary/aromatic N) is 1. The number of allylic oxidation sites excluding steroid dienone is 1. The van der Waals surface area contributed by atoms with Crippen LogP contribution in [-0.2, 0) is 9.53 Å². The SMILES string of the molecule is CCOC(=O)C1=C(C)Nc2nc(=O)[nH]c(N)c2C1c1c(Cl)ccc(Cl)c1Cl. The number of H-pyrrole nitrogens is 1. The van der Waals surface area contributed by atoms with Crippen molar-refractivity contribution in [3.63, 3.8) is 0 Å². The van der Waals surface area contributed by atoms with Crippen molar-refractivity contribution in [2.75, 3.05) is 17.7 Å². The van der Waals surface area contributed by atoms with E-state index in [9.17, 15) is 9.59 Å². The fourth-order valence-electron chi connectivity index (χ4n) is 3.07. The third-order valence-electron chi connectivity index (χ3n) is 4.15. The van der Waals surface area contributed by atoms with E-state index in [2.05, 4.69) is 15.3 Å². The molecule has 1 aliphatic rings. The van der Waals surface area contributed by atoms with Crippen molar-refractivity contribution < 1.29 is 9.53 Å². The number of rotatable bonds is 3. The smallest absolute Gasteiger partial charge is 0.348 e. The zero-order chi connectivity index (χ0) is 19.9. The number of aromatic amines is 1. The van der Waals surface area contributed by atoms with Crippen LogP contribution in [0.1, 0.15) is 30.9 Å². The second-order valence-corrected chi connectivity index (χ2v) is 6.98. The summed E-state index contributed by atoms with van der Waals surface area (Å²) in [4.78, 5) is 30.8. The van der Waals surface area contributed by atoms with Crippen molar-refractivity contribution in [1.82, 2.24) is 9.97 Å². The van der Waals surface area contributed by atoms with Gasteiger partial charge in [0.25, 0.3) is 0 Å². The molecule has 1 atom stereocenters. The lowest BCUT2D eigenvalue weighted by Gasteiger charge is -2.31. The van der Waals surface area contributed by atoms with Crippen LogP contribution in [0.25, 0.3) is 0 Å². The molecule has 7 nitrogen and oxygen atoms in total. The van der Waals surface area contributed by atoms with Crippen LogP contribution in [0.4, 0.5) is 11.6 Å². The average Bonchev–Trinajstić information content (AvgIpc) is 2.57. The van der Waals surface area contributed by atoms with E-state index >= 15 is 0 Å². The number of aromatic nitrogens is 2. The Morgan fingerprint density at radius 3 is 2.59 bits per heavy atom. The first-order valence-electron chi connectivity index (χ1n) is 7.94. The molecule has 3 rings (SSSR count). The number of nitrogen functional groups attached to an aromatic ring is 1. The minimum absolute atomic E-state index is 0.0314. The molecule has 2 aromatic rings. The Hall–Kier alpha value is -2.22. The summed E-state index contributed by atoms with van der Waals surface area (Å²) in [7, 11) is 0. The molecule has 10 heteroatoms. The maximum absolute atomic E-state index is 12.7. The number of carbonyl (C=O) groups excluding carboxylic acids is 1. The van der Waals surface area contributed by atoms with Crippen molar-refractivity contribution in [3.05, 3.63) is 60.1 Å². The summed E-state index contributed by atoms with van der Waals surface area (Å²) in [6.45, 7) is 3.53. The molecule has 1 aromatic carbocycles. The summed E-state index contributed by atoms with van der Waals surface area (Å²) in [5.41, 5.74) is 6.84. The van der Waals surface area contributed by atoms with Crippen molar-refractivity contribution in [3.8, 4) is 0 Å². The van der Waals surface area contributed by atoms with Crippen molar-refractivity contribution in [2.45, 2.75) is 19.8 Å². The molecule has 142 valence electrons. The van der Waals surface area contributed by atoms with Crippen LogP contribution in [0.5, 0.6) is 0 Å². The number of carbonyl (C=O) groups is 1. The van der Waals surface area contributed by atoms with E-state index in [0.717, 1.165) is 0 Å². The Bertz CT molecular complexity index is 1030. The molecular formula is C17H15Cl3N4O3. The van der Waals surface area contributed by atoms with Crippen LogP contribution < -0.4 is 16.7 Å². The molecule has 0 fully saturated rings. The number of ether oxygens (including phenoxy) is 1. The molecule has 0 saturated carbocycles. The Kier molecular flexibility index (Phi) is 5.37. The summed E-state index contributed by atoms with van der Waals surface area (Å²) >= 11 is 19.0. The quantitative estimate of drug-likeness (QED) is 0.507. The van der Waals surface area contributed by atoms with Gasteiger partial charge in [-0.1, -0.05) is 34.8 Å². The lowest BCUT2D eigenvalue weighted by atomic mass is 9.81. The van der Waals surface area contributed by atoms with E-state index in [0.29, 0.717) is 16.8 Å². The summed E-state index contributed by atoms with van der Waals surface area (Å²) in [6, 6.07) is 3.12. The summed E-state index contributed by atoms with van der Waals surface area (Å²) in [5.74, 6) is -1.16. The summed E-state index contributed by atoms with van der Waals surface area (Å²) in [6.07, 6.45) is 0. The molecule has 0 radical (unpaired) electrons. The molecule has 1 aliphatic heterocycles. The third kappa shape index (κ3) is 3.38. The van der Waals surface area contributed by atoms with Gasteiger partial charge in [-0.05, 0) is 26.0 Å². The highest BCUT2D eigenvalue weighted by molar-refractivity contribution is 6.44.